The molecule has 0 bridgehead atoms. The Hall–Kier alpha value is -2.77. The lowest BCUT2D eigenvalue weighted by Crippen LogP contribution is -2.41. The van der Waals surface area contributed by atoms with Gasteiger partial charge >= 0.3 is 5.97 Å². The summed E-state index contributed by atoms with van der Waals surface area (Å²) in [5, 5.41) is 3.42. The van der Waals surface area contributed by atoms with Crippen LogP contribution in [0, 0.1) is 0 Å². The molecule has 1 aliphatic heterocycles. The standard InChI is InChI=1S/C23H27ClN2O5/c1-4-31-23(28)13-19-18-12-21(30-3)20(29-2)10-15(18)8-9-26(19)14-22(27)25-17-7-5-6-16(24)11-17/h5-7,10-12,19H,4,8-9,13-14H2,1-3H3,(H,25,27). The number of carbonyl (C=O) groups is 2. The molecule has 0 fully saturated rings. The lowest BCUT2D eigenvalue weighted by molar-refractivity contribution is -0.145. The second kappa shape index (κ2) is 10.5. The number of fused-ring (bicyclic) bond motifs is 1. The first kappa shape index (κ1) is 22.9. The van der Waals surface area contributed by atoms with Gasteiger partial charge in [0.15, 0.2) is 11.5 Å². The Kier molecular flexibility index (Phi) is 7.76. The molecule has 0 saturated heterocycles. The van der Waals surface area contributed by atoms with Gasteiger partial charge in [-0.25, -0.2) is 0 Å². The first-order chi connectivity index (χ1) is 14.9. The van der Waals surface area contributed by atoms with Crippen LogP contribution in [0.4, 0.5) is 5.69 Å². The van der Waals surface area contributed by atoms with Gasteiger partial charge in [-0.15, -0.1) is 0 Å². The molecule has 31 heavy (non-hydrogen) atoms. The zero-order valence-electron chi connectivity index (χ0n) is 17.9. The second-order valence-corrected chi connectivity index (χ2v) is 7.65. The van der Waals surface area contributed by atoms with Crippen LogP contribution in [0.3, 0.4) is 0 Å². The molecule has 8 heteroatoms. The summed E-state index contributed by atoms with van der Waals surface area (Å²) in [6.07, 6.45) is 0.861. The van der Waals surface area contributed by atoms with Crippen LogP contribution in [0.25, 0.3) is 0 Å². The van der Waals surface area contributed by atoms with Gasteiger partial charge in [0.25, 0.3) is 0 Å². The van der Waals surface area contributed by atoms with Crippen molar-refractivity contribution in [3.8, 4) is 11.5 Å². The fraction of sp³-hybridized carbons (Fsp3) is 0.391. The van der Waals surface area contributed by atoms with E-state index in [2.05, 4.69) is 5.32 Å². The molecule has 1 heterocycles. The fourth-order valence-corrected chi connectivity index (χ4v) is 4.03. The van der Waals surface area contributed by atoms with E-state index < -0.39 is 0 Å². The van der Waals surface area contributed by atoms with E-state index in [1.165, 1.54) is 0 Å². The largest absolute Gasteiger partial charge is 0.493 e. The zero-order chi connectivity index (χ0) is 22.4. The van der Waals surface area contributed by atoms with Crippen molar-refractivity contribution in [3.63, 3.8) is 0 Å². The number of amides is 1. The van der Waals surface area contributed by atoms with Gasteiger partial charge in [0, 0.05) is 23.3 Å². The number of ether oxygens (including phenoxy) is 3. The van der Waals surface area contributed by atoms with Crippen molar-refractivity contribution in [2.75, 3.05) is 39.2 Å². The molecule has 3 rings (SSSR count). The molecule has 0 radical (unpaired) electrons. The van der Waals surface area contributed by atoms with Gasteiger partial charge < -0.3 is 19.5 Å². The highest BCUT2D eigenvalue weighted by Gasteiger charge is 2.32. The summed E-state index contributed by atoms with van der Waals surface area (Å²) in [6, 6.07) is 10.5. The number of halogens is 1. The van der Waals surface area contributed by atoms with E-state index in [0.29, 0.717) is 35.4 Å². The summed E-state index contributed by atoms with van der Waals surface area (Å²) in [7, 11) is 3.17. The van der Waals surface area contributed by atoms with E-state index >= 15 is 0 Å². The minimum atomic E-state index is -0.312. The molecule has 0 spiro atoms. The summed E-state index contributed by atoms with van der Waals surface area (Å²) in [6.45, 7) is 2.83. The number of rotatable bonds is 8. The van der Waals surface area contributed by atoms with Crippen molar-refractivity contribution in [3.05, 3.63) is 52.5 Å². The Bertz CT molecular complexity index is 950. The van der Waals surface area contributed by atoms with E-state index in [1.54, 1.807) is 45.4 Å². The highest BCUT2D eigenvalue weighted by molar-refractivity contribution is 6.30. The van der Waals surface area contributed by atoms with Crippen LogP contribution in [0.5, 0.6) is 11.5 Å². The minimum absolute atomic E-state index is 0.129. The third-order valence-corrected chi connectivity index (χ3v) is 5.47. The molecule has 2 aromatic rings. The maximum absolute atomic E-state index is 12.7. The van der Waals surface area contributed by atoms with E-state index in [-0.39, 0.29) is 30.9 Å². The number of benzene rings is 2. The van der Waals surface area contributed by atoms with Crippen molar-refractivity contribution < 1.29 is 23.8 Å². The van der Waals surface area contributed by atoms with Gasteiger partial charge in [-0.1, -0.05) is 17.7 Å². The van der Waals surface area contributed by atoms with Crippen LogP contribution >= 0.6 is 11.6 Å². The molecule has 1 aliphatic rings. The van der Waals surface area contributed by atoms with Crippen LogP contribution < -0.4 is 14.8 Å². The number of nitrogens with zero attached hydrogens (tertiary/aromatic N) is 1. The zero-order valence-corrected chi connectivity index (χ0v) is 18.7. The lowest BCUT2D eigenvalue weighted by atomic mass is 9.90. The molecule has 1 atom stereocenters. The molecule has 0 aromatic heterocycles. The molecule has 1 amide bonds. The van der Waals surface area contributed by atoms with Crippen molar-refractivity contribution in [1.29, 1.82) is 0 Å². The maximum Gasteiger partial charge on any atom is 0.307 e. The second-order valence-electron chi connectivity index (χ2n) is 7.21. The van der Waals surface area contributed by atoms with E-state index in [0.717, 1.165) is 17.5 Å². The van der Waals surface area contributed by atoms with Gasteiger partial charge in [0.2, 0.25) is 5.91 Å². The third-order valence-electron chi connectivity index (χ3n) is 5.23. The average Bonchev–Trinajstić information content (AvgIpc) is 2.74. The van der Waals surface area contributed by atoms with Gasteiger partial charge in [-0.05, 0) is 54.8 Å². The van der Waals surface area contributed by atoms with Crippen LogP contribution in [0.1, 0.15) is 30.5 Å². The maximum atomic E-state index is 12.7. The predicted octanol–water partition coefficient (Wildman–Crippen LogP) is 3.85. The number of nitrogens with one attached hydrogen (secondary N) is 1. The third kappa shape index (κ3) is 5.68. The average molecular weight is 447 g/mol. The Morgan fingerprint density at radius 1 is 1.16 bits per heavy atom. The van der Waals surface area contributed by atoms with E-state index in [4.69, 9.17) is 25.8 Å². The van der Waals surface area contributed by atoms with Gasteiger partial charge in [0.1, 0.15) is 0 Å². The summed E-state index contributed by atoms with van der Waals surface area (Å²) in [5.41, 5.74) is 2.63. The molecule has 1 N–H and O–H groups in total. The SMILES string of the molecule is CCOC(=O)CC1c2cc(OC)c(OC)cc2CCN1CC(=O)Nc1cccc(Cl)c1. The number of hydrogen-bond donors (Lipinski definition) is 1. The monoisotopic (exact) mass is 446 g/mol. The van der Waals surface area contributed by atoms with Crippen molar-refractivity contribution >= 4 is 29.2 Å². The molecule has 1 unspecified atom stereocenters. The Morgan fingerprint density at radius 3 is 2.58 bits per heavy atom. The number of esters is 1. The highest BCUT2D eigenvalue weighted by Crippen LogP contribution is 2.39. The van der Waals surface area contributed by atoms with Crippen LogP contribution in [-0.2, 0) is 20.7 Å². The minimum Gasteiger partial charge on any atom is -0.493 e. The number of methoxy groups -OCH3 is 2. The van der Waals surface area contributed by atoms with Crippen molar-refractivity contribution in [2.45, 2.75) is 25.8 Å². The quantitative estimate of drug-likeness (QED) is 0.621. The summed E-state index contributed by atoms with van der Waals surface area (Å²) >= 11 is 6.00. The topological polar surface area (TPSA) is 77.1 Å². The number of anilines is 1. The Morgan fingerprint density at radius 2 is 1.90 bits per heavy atom. The van der Waals surface area contributed by atoms with Crippen molar-refractivity contribution in [1.82, 2.24) is 4.90 Å². The molecular formula is C23H27ClN2O5. The van der Waals surface area contributed by atoms with E-state index in [1.807, 2.05) is 17.0 Å². The lowest BCUT2D eigenvalue weighted by Gasteiger charge is -2.37. The molecule has 0 aliphatic carbocycles. The fourth-order valence-electron chi connectivity index (χ4n) is 3.84. The summed E-state index contributed by atoms with van der Waals surface area (Å²) in [5.74, 6) is 0.735. The van der Waals surface area contributed by atoms with Gasteiger partial charge in [-0.3, -0.25) is 14.5 Å². The number of hydrogen-bond acceptors (Lipinski definition) is 6. The first-order valence-electron chi connectivity index (χ1n) is 10.1. The molecule has 166 valence electrons. The van der Waals surface area contributed by atoms with Crippen LogP contribution in [0.2, 0.25) is 5.02 Å². The summed E-state index contributed by atoms with van der Waals surface area (Å²) in [4.78, 5) is 27.1. The highest BCUT2D eigenvalue weighted by atomic mass is 35.5. The Labute approximate surface area is 187 Å². The van der Waals surface area contributed by atoms with Crippen LogP contribution in [-0.4, -0.2) is 50.7 Å². The van der Waals surface area contributed by atoms with Crippen molar-refractivity contribution in [2.24, 2.45) is 0 Å². The van der Waals surface area contributed by atoms with E-state index in [9.17, 15) is 9.59 Å². The number of carbonyl (C=O) groups excluding carboxylic acids is 2. The van der Waals surface area contributed by atoms with Gasteiger partial charge in [-0.2, -0.15) is 0 Å². The molecule has 7 nitrogen and oxygen atoms in total. The first-order valence-corrected chi connectivity index (χ1v) is 10.5. The normalized spacial score (nSPS) is 15.7. The van der Waals surface area contributed by atoms with Crippen LogP contribution in [0.15, 0.2) is 36.4 Å². The molecule has 0 saturated carbocycles. The summed E-state index contributed by atoms with van der Waals surface area (Å²) < 4.78 is 16.1. The predicted molar refractivity (Wildman–Crippen MR) is 119 cm³/mol. The molecule has 2 aromatic carbocycles. The smallest absolute Gasteiger partial charge is 0.307 e. The van der Waals surface area contributed by atoms with Gasteiger partial charge in [0.05, 0.1) is 33.8 Å². The Balaban J connectivity index is 1.85. The molecular weight excluding hydrogens is 420 g/mol.